The highest BCUT2D eigenvalue weighted by Crippen LogP contribution is 1.98. The first kappa shape index (κ1) is 8.44. The predicted molar refractivity (Wildman–Crippen MR) is 39.4 cm³/mol. The Morgan fingerprint density at radius 3 is 2.22 bits per heavy atom. The molecule has 0 aromatic carbocycles. The minimum absolute atomic E-state index is 0.233. The molecule has 0 amide bonds. The van der Waals surface area contributed by atoms with Crippen LogP contribution in [0.1, 0.15) is 13.8 Å². The number of hydrogen-bond acceptors (Lipinski definition) is 1. The van der Waals surface area contributed by atoms with Crippen molar-refractivity contribution in [3.63, 3.8) is 0 Å². The lowest BCUT2D eigenvalue weighted by atomic mass is 10.3. The molecule has 0 aromatic rings. The maximum absolute atomic E-state index is 9.89. The standard InChI is InChI=1S/C7H9ClO/c1-6(2)3-4-7(8)5-9/h3-5H,1-2H3/b7-4-. The first-order valence-electron chi connectivity index (χ1n) is 2.62. The lowest BCUT2D eigenvalue weighted by Gasteiger charge is -1.81. The van der Waals surface area contributed by atoms with Gasteiger partial charge in [-0.15, -0.1) is 0 Å². The van der Waals surface area contributed by atoms with Gasteiger partial charge in [-0.1, -0.05) is 23.3 Å². The largest absolute Gasteiger partial charge is 0.297 e. The Morgan fingerprint density at radius 1 is 1.33 bits per heavy atom. The van der Waals surface area contributed by atoms with Crippen LogP contribution in [-0.2, 0) is 4.79 Å². The zero-order chi connectivity index (χ0) is 7.28. The molecule has 50 valence electrons. The molecule has 0 aliphatic carbocycles. The summed E-state index contributed by atoms with van der Waals surface area (Å²) in [7, 11) is 0. The second-order valence-electron chi connectivity index (χ2n) is 1.91. The minimum Gasteiger partial charge on any atom is -0.297 e. The molecule has 0 aromatic heterocycles. The van der Waals surface area contributed by atoms with Gasteiger partial charge in [0.1, 0.15) is 0 Å². The minimum atomic E-state index is 0.233. The molecule has 0 atom stereocenters. The van der Waals surface area contributed by atoms with E-state index in [1.54, 1.807) is 12.2 Å². The number of allylic oxidation sites excluding steroid dienone is 4. The van der Waals surface area contributed by atoms with Gasteiger partial charge in [0.05, 0.1) is 5.03 Å². The summed E-state index contributed by atoms with van der Waals surface area (Å²) in [4.78, 5) is 9.89. The third kappa shape index (κ3) is 5.31. The molecule has 0 aliphatic rings. The topological polar surface area (TPSA) is 17.1 Å². The highest BCUT2D eigenvalue weighted by Gasteiger charge is 1.81. The van der Waals surface area contributed by atoms with Crippen molar-refractivity contribution in [2.75, 3.05) is 0 Å². The van der Waals surface area contributed by atoms with E-state index in [0.717, 1.165) is 5.57 Å². The molecule has 0 heterocycles. The molecule has 0 aliphatic heterocycles. The number of carbonyl (C=O) groups excluding carboxylic acids is 1. The smallest absolute Gasteiger partial charge is 0.161 e. The van der Waals surface area contributed by atoms with Crippen LogP contribution in [0.25, 0.3) is 0 Å². The zero-order valence-electron chi connectivity index (χ0n) is 5.52. The van der Waals surface area contributed by atoms with Crippen LogP contribution in [0.5, 0.6) is 0 Å². The van der Waals surface area contributed by atoms with Gasteiger partial charge in [-0.3, -0.25) is 4.79 Å². The molecule has 0 unspecified atom stereocenters. The van der Waals surface area contributed by atoms with Crippen LogP contribution >= 0.6 is 11.6 Å². The Hall–Kier alpha value is -0.560. The van der Waals surface area contributed by atoms with E-state index in [9.17, 15) is 4.79 Å². The predicted octanol–water partition coefficient (Wildman–Crippen LogP) is 2.27. The van der Waals surface area contributed by atoms with Gasteiger partial charge in [0.25, 0.3) is 0 Å². The maximum Gasteiger partial charge on any atom is 0.161 e. The SMILES string of the molecule is CC(C)=C/C=C(\Cl)C=O. The van der Waals surface area contributed by atoms with Crippen molar-refractivity contribution in [3.8, 4) is 0 Å². The Balaban J connectivity index is 3.98. The Bertz CT molecular complexity index is 152. The highest BCUT2D eigenvalue weighted by atomic mass is 35.5. The van der Waals surface area contributed by atoms with Gasteiger partial charge in [-0.2, -0.15) is 0 Å². The average molecular weight is 145 g/mol. The molecule has 0 saturated heterocycles. The van der Waals surface area contributed by atoms with Crippen LogP contribution in [0.4, 0.5) is 0 Å². The van der Waals surface area contributed by atoms with Crippen molar-refractivity contribution >= 4 is 17.9 Å². The molecule has 0 bridgehead atoms. The fourth-order valence-electron chi connectivity index (χ4n) is 0.286. The van der Waals surface area contributed by atoms with Gasteiger partial charge in [0.2, 0.25) is 0 Å². The van der Waals surface area contributed by atoms with Gasteiger partial charge in [-0.25, -0.2) is 0 Å². The monoisotopic (exact) mass is 144 g/mol. The fourth-order valence-corrected chi connectivity index (χ4v) is 0.349. The third-order valence-electron chi connectivity index (χ3n) is 0.688. The molecule has 2 heteroatoms. The van der Waals surface area contributed by atoms with Crippen molar-refractivity contribution in [2.24, 2.45) is 0 Å². The summed E-state index contributed by atoms with van der Waals surface area (Å²) in [5.41, 5.74) is 1.12. The second kappa shape index (κ2) is 4.33. The van der Waals surface area contributed by atoms with Crippen LogP contribution in [0, 0.1) is 0 Å². The van der Waals surface area contributed by atoms with E-state index >= 15 is 0 Å². The van der Waals surface area contributed by atoms with Gasteiger partial charge >= 0.3 is 0 Å². The van der Waals surface area contributed by atoms with Crippen LogP contribution in [0.3, 0.4) is 0 Å². The first-order chi connectivity index (χ1) is 4.16. The molecule has 0 radical (unpaired) electrons. The number of hydrogen-bond donors (Lipinski definition) is 0. The van der Waals surface area contributed by atoms with Crippen LogP contribution < -0.4 is 0 Å². The molecule has 0 fully saturated rings. The first-order valence-corrected chi connectivity index (χ1v) is 3.00. The zero-order valence-corrected chi connectivity index (χ0v) is 6.27. The van der Waals surface area contributed by atoms with Crippen LogP contribution in [0.15, 0.2) is 22.8 Å². The fraction of sp³-hybridized carbons (Fsp3) is 0.286. The van der Waals surface area contributed by atoms with E-state index in [4.69, 9.17) is 11.6 Å². The van der Waals surface area contributed by atoms with Gasteiger partial charge in [0.15, 0.2) is 6.29 Å². The van der Waals surface area contributed by atoms with Crippen molar-refractivity contribution in [2.45, 2.75) is 13.8 Å². The Labute approximate surface area is 60.0 Å². The lowest BCUT2D eigenvalue weighted by Crippen LogP contribution is -1.69. The van der Waals surface area contributed by atoms with E-state index < -0.39 is 0 Å². The van der Waals surface area contributed by atoms with Gasteiger partial charge in [-0.05, 0) is 19.9 Å². The highest BCUT2D eigenvalue weighted by molar-refractivity contribution is 6.38. The van der Waals surface area contributed by atoms with Crippen molar-refractivity contribution in [1.82, 2.24) is 0 Å². The summed E-state index contributed by atoms with van der Waals surface area (Å²) in [5.74, 6) is 0. The van der Waals surface area contributed by atoms with Gasteiger partial charge < -0.3 is 0 Å². The summed E-state index contributed by atoms with van der Waals surface area (Å²) >= 11 is 5.36. The summed E-state index contributed by atoms with van der Waals surface area (Å²) in [6.45, 7) is 3.87. The molecule has 9 heavy (non-hydrogen) atoms. The number of halogens is 1. The summed E-state index contributed by atoms with van der Waals surface area (Å²) in [6.07, 6.45) is 3.97. The average Bonchev–Trinajstić information content (AvgIpc) is 1.83. The lowest BCUT2D eigenvalue weighted by molar-refractivity contribution is -0.104. The Morgan fingerprint density at radius 2 is 1.89 bits per heavy atom. The second-order valence-corrected chi connectivity index (χ2v) is 2.35. The normalized spacial score (nSPS) is 10.8. The molecule has 0 rings (SSSR count). The third-order valence-corrected chi connectivity index (χ3v) is 0.904. The Kier molecular flexibility index (Phi) is 4.06. The number of rotatable bonds is 2. The van der Waals surface area contributed by atoms with Crippen molar-refractivity contribution < 1.29 is 4.79 Å². The van der Waals surface area contributed by atoms with Crippen molar-refractivity contribution in [1.29, 1.82) is 0 Å². The van der Waals surface area contributed by atoms with Crippen molar-refractivity contribution in [3.05, 3.63) is 22.8 Å². The van der Waals surface area contributed by atoms with E-state index in [2.05, 4.69) is 0 Å². The molecular weight excluding hydrogens is 136 g/mol. The van der Waals surface area contributed by atoms with E-state index in [-0.39, 0.29) is 5.03 Å². The molecular formula is C7H9ClO. The molecule has 0 saturated carbocycles. The van der Waals surface area contributed by atoms with E-state index in [0.29, 0.717) is 6.29 Å². The summed E-state index contributed by atoms with van der Waals surface area (Å²) < 4.78 is 0. The number of carbonyl (C=O) groups is 1. The van der Waals surface area contributed by atoms with E-state index in [1.165, 1.54) is 0 Å². The van der Waals surface area contributed by atoms with E-state index in [1.807, 2.05) is 13.8 Å². The molecule has 0 spiro atoms. The molecule has 1 nitrogen and oxygen atoms in total. The molecule has 0 N–H and O–H groups in total. The quantitative estimate of drug-likeness (QED) is 0.330. The summed E-state index contributed by atoms with van der Waals surface area (Å²) in [5, 5.41) is 0.233. The maximum atomic E-state index is 9.89. The van der Waals surface area contributed by atoms with Crippen LogP contribution in [-0.4, -0.2) is 6.29 Å². The van der Waals surface area contributed by atoms with Crippen LogP contribution in [0.2, 0.25) is 0 Å². The summed E-state index contributed by atoms with van der Waals surface area (Å²) in [6, 6.07) is 0. The van der Waals surface area contributed by atoms with Gasteiger partial charge in [0, 0.05) is 0 Å². The number of aldehydes is 1.